The van der Waals surface area contributed by atoms with Crippen molar-refractivity contribution in [1.82, 2.24) is 30.8 Å². The zero-order valence-electron chi connectivity index (χ0n) is 14.7. The number of rotatable bonds is 5. The van der Waals surface area contributed by atoms with Gasteiger partial charge < -0.3 is 4.98 Å². The van der Waals surface area contributed by atoms with Crippen LogP contribution in [0.5, 0.6) is 0 Å². The molecule has 4 rings (SSSR count). The second-order valence-corrected chi connectivity index (χ2v) is 6.16. The van der Waals surface area contributed by atoms with E-state index in [1.165, 1.54) is 6.20 Å². The van der Waals surface area contributed by atoms with Crippen LogP contribution in [-0.2, 0) is 6.54 Å². The van der Waals surface area contributed by atoms with Crippen LogP contribution in [-0.4, -0.2) is 25.8 Å². The van der Waals surface area contributed by atoms with Crippen LogP contribution in [0.2, 0.25) is 0 Å². The first-order valence-electron chi connectivity index (χ1n) is 8.54. The lowest BCUT2D eigenvalue weighted by Gasteiger charge is -2.08. The standard InChI is InChI=1S/C20H18N6O/c1-13-24-18-9-17(12-22-19(18)25-13)15-6-4-14(5-7-15)10-23-26-20(27)16-3-2-8-21-11-16/h2-9,11-12,23H,10H2,1H3,(H,26,27)(H,22,24,25). The van der Waals surface area contributed by atoms with Gasteiger partial charge in [-0.05, 0) is 36.2 Å². The summed E-state index contributed by atoms with van der Waals surface area (Å²) >= 11 is 0. The molecule has 134 valence electrons. The molecule has 0 saturated heterocycles. The molecule has 3 aromatic heterocycles. The van der Waals surface area contributed by atoms with Gasteiger partial charge in [0.1, 0.15) is 5.82 Å². The topological polar surface area (TPSA) is 95.6 Å². The van der Waals surface area contributed by atoms with Gasteiger partial charge in [0.05, 0.1) is 11.1 Å². The highest BCUT2D eigenvalue weighted by atomic mass is 16.2. The van der Waals surface area contributed by atoms with E-state index in [2.05, 4.69) is 30.8 Å². The second-order valence-electron chi connectivity index (χ2n) is 6.16. The van der Waals surface area contributed by atoms with Crippen LogP contribution >= 0.6 is 0 Å². The highest BCUT2D eigenvalue weighted by Gasteiger charge is 2.06. The van der Waals surface area contributed by atoms with Crippen molar-refractivity contribution >= 4 is 17.1 Å². The summed E-state index contributed by atoms with van der Waals surface area (Å²) in [4.78, 5) is 27.8. The monoisotopic (exact) mass is 358 g/mol. The summed E-state index contributed by atoms with van der Waals surface area (Å²) < 4.78 is 0. The molecule has 0 saturated carbocycles. The van der Waals surface area contributed by atoms with Crippen LogP contribution in [0.4, 0.5) is 0 Å². The van der Waals surface area contributed by atoms with Crippen LogP contribution < -0.4 is 10.9 Å². The van der Waals surface area contributed by atoms with Gasteiger partial charge in [-0.1, -0.05) is 24.3 Å². The van der Waals surface area contributed by atoms with E-state index in [0.29, 0.717) is 12.1 Å². The maximum atomic E-state index is 12.0. The number of H-pyrrole nitrogens is 1. The Morgan fingerprint density at radius 2 is 1.96 bits per heavy atom. The third-order valence-corrected chi connectivity index (χ3v) is 4.16. The lowest BCUT2D eigenvalue weighted by molar-refractivity contribution is 0.0932. The first-order chi connectivity index (χ1) is 13.2. The number of fused-ring (bicyclic) bond motifs is 1. The van der Waals surface area contributed by atoms with E-state index in [0.717, 1.165) is 33.7 Å². The number of imidazole rings is 1. The molecule has 0 radical (unpaired) electrons. The molecular formula is C20H18N6O. The summed E-state index contributed by atoms with van der Waals surface area (Å²) in [5.41, 5.74) is 10.9. The fraction of sp³-hybridized carbons (Fsp3) is 0.100. The van der Waals surface area contributed by atoms with E-state index >= 15 is 0 Å². The van der Waals surface area contributed by atoms with E-state index in [4.69, 9.17) is 0 Å². The number of aryl methyl sites for hydroxylation is 1. The Morgan fingerprint density at radius 3 is 2.74 bits per heavy atom. The number of hydrazine groups is 1. The Bertz CT molecular complexity index is 1070. The summed E-state index contributed by atoms with van der Waals surface area (Å²) in [7, 11) is 0. The third-order valence-electron chi connectivity index (χ3n) is 4.16. The molecule has 0 unspecified atom stereocenters. The molecule has 0 fully saturated rings. The minimum absolute atomic E-state index is 0.214. The van der Waals surface area contributed by atoms with E-state index in [1.54, 1.807) is 18.3 Å². The molecular weight excluding hydrogens is 340 g/mol. The molecule has 7 heteroatoms. The van der Waals surface area contributed by atoms with Crippen LogP contribution in [0.1, 0.15) is 21.7 Å². The number of carbonyl (C=O) groups is 1. The van der Waals surface area contributed by atoms with Gasteiger partial charge in [-0.25, -0.2) is 15.4 Å². The highest BCUT2D eigenvalue weighted by molar-refractivity contribution is 5.93. The van der Waals surface area contributed by atoms with Gasteiger partial charge in [0.25, 0.3) is 5.91 Å². The van der Waals surface area contributed by atoms with Crippen molar-refractivity contribution in [3.05, 3.63) is 78.0 Å². The van der Waals surface area contributed by atoms with E-state index < -0.39 is 0 Å². The second kappa shape index (κ2) is 7.35. The summed E-state index contributed by atoms with van der Waals surface area (Å²) in [6, 6.07) is 13.6. The smallest absolute Gasteiger partial charge is 0.266 e. The number of nitrogens with one attached hydrogen (secondary N) is 3. The van der Waals surface area contributed by atoms with Crippen molar-refractivity contribution in [2.75, 3.05) is 0 Å². The van der Waals surface area contributed by atoms with Crippen molar-refractivity contribution in [2.24, 2.45) is 0 Å². The predicted octanol–water partition coefficient (Wildman–Crippen LogP) is 2.76. The molecule has 27 heavy (non-hydrogen) atoms. The molecule has 1 aromatic carbocycles. The van der Waals surface area contributed by atoms with Crippen molar-refractivity contribution in [2.45, 2.75) is 13.5 Å². The molecule has 0 atom stereocenters. The molecule has 0 bridgehead atoms. The fourth-order valence-electron chi connectivity index (χ4n) is 2.79. The summed E-state index contributed by atoms with van der Waals surface area (Å²) in [6.45, 7) is 2.43. The van der Waals surface area contributed by atoms with Gasteiger partial charge >= 0.3 is 0 Å². The van der Waals surface area contributed by atoms with Crippen LogP contribution in [0, 0.1) is 6.92 Å². The zero-order valence-corrected chi connectivity index (χ0v) is 14.7. The van der Waals surface area contributed by atoms with Crippen molar-refractivity contribution in [3.63, 3.8) is 0 Å². The number of carbonyl (C=O) groups excluding carboxylic acids is 1. The quantitative estimate of drug-likeness (QED) is 0.477. The maximum absolute atomic E-state index is 12.0. The maximum Gasteiger partial charge on any atom is 0.266 e. The van der Waals surface area contributed by atoms with E-state index in [9.17, 15) is 4.79 Å². The Hall–Kier alpha value is -3.58. The SMILES string of the molecule is Cc1nc2ncc(-c3ccc(CNNC(=O)c4cccnc4)cc3)cc2[nH]1. The number of aromatic amines is 1. The molecule has 0 spiro atoms. The highest BCUT2D eigenvalue weighted by Crippen LogP contribution is 2.22. The van der Waals surface area contributed by atoms with Crippen LogP contribution in [0.15, 0.2) is 61.1 Å². The minimum Gasteiger partial charge on any atom is -0.341 e. The molecule has 0 aliphatic carbocycles. The Labute approximate surface area is 155 Å². The molecule has 1 amide bonds. The molecule has 0 aliphatic heterocycles. The number of amides is 1. The van der Waals surface area contributed by atoms with Gasteiger partial charge in [0.2, 0.25) is 0 Å². The number of benzene rings is 1. The number of hydrogen-bond donors (Lipinski definition) is 3. The largest absolute Gasteiger partial charge is 0.341 e. The summed E-state index contributed by atoms with van der Waals surface area (Å²) in [5, 5.41) is 0. The summed E-state index contributed by atoms with van der Waals surface area (Å²) in [6.07, 6.45) is 4.98. The normalized spacial score (nSPS) is 10.9. The molecule has 3 N–H and O–H groups in total. The Kier molecular flexibility index (Phi) is 4.59. The van der Waals surface area contributed by atoms with Gasteiger partial charge in [-0.3, -0.25) is 15.2 Å². The van der Waals surface area contributed by atoms with Crippen molar-refractivity contribution in [3.8, 4) is 11.1 Å². The fourth-order valence-corrected chi connectivity index (χ4v) is 2.79. The average molecular weight is 358 g/mol. The zero-order chi connectivity index (χ0) is 18.6. The number of pyridine rings is 2. The van der Waals surface area contributed by atoms with E-state index in [-0.39, 0.29) is 5.91 Å². The van der Waals surface area contributed by atoms with Gasteiger partial charge in [0.15, 0.2) is 5.65 Å². The molecule has 7 nitrogen and oxygen atoms in total. The molecule has 4 aromatic rings. The Balaban J connectivity index is 1.39. The van der Waals surface area contributed by atoms with Gasteiger partial charge in [-0.2, -0.15) is 0 Å². The van der Waals surface area contributed by atoms with Crippen LogP contribution in [0.3, 0.4) is 0 Å². The molecule has 0 aliphatic rings. The average Bonchev–Trinajstić information content (AvgIpc) is 3.08. The van der Waals surface area contributed by atoms with Crippen molar-refractivity contribution in [1.29, 1.82) is 0 Å². The molecule has 3 heterocycles. The first-order valence-corrected chi connectivity index (χ1v) is 8.54. The predicted molar refractivity (Wildman–Crippen MR) is 103 cm³/mol. The van der Waals surface area contributed by atoms with E-state index in [1.807, 2.05) is 43.5 Å². The van der Waals surface area contributed by atoms with Gasteiger partial charge in [0, 0.05) is 30.7 Å². The lowest BCUT2D eigenvalue weighted by atomic mass is 10.1. The number of aromatic nitrogens is 4. The van der Waals surface area contributed by atoms with Gasteiger partial charge in [-0.15, -0.1) is 0 Å². The Morgan fingerprint density at radius 1 is 1.11 bits per heavy atom. The summed E-state index contributed by atoms with van der Waals surface area (Å²) in [5.74, 6) is 0.637. The first kappa shape index (κ1) is 16.9. The van der Waals surface area contributed by atoms with Crippen LogP contribution in [0.25, 0.3) is 22.3 Å². The lowest BCUT2D eigenvalue weighted by Crippen LogP contribution is -2.36. The van der Waals surface area contributed by atoms with Crippen molar-refractivity contribution < 1.29 is 4.79 Å². The number of nitrogens with zero attached hydrogens (tertiary/aromatic N) is 3. The number of hydrogen-bond acceptors (Lipinski definition) is 5. The third kappa shape index (κ3) is 3.83. The minimum atomic E-state index is -0.214.